The predicted molar refractivity (Wildman–Crippen MR) is 247 cm³/mol. The normalized spacial score (nSPS) is 26.9. The molecule has 2 heterocycles. The fourth-order valence-electron chi connectivity index (χ4n) is 7.98. The van der Waals surface area contributed by atoms with E-state index in [9.17, 15) is 40.5 Å². The molecule has 2 saturated heterocycles. The van der Waals surface area contributed by atoms with Gasteiger partial charge in [0.15, 0.2) is 12.6 Å². The van der Waals surface area contributed by atoms with E-state index in [2.05, 4.69) is 38.2 Å². The van der Waals surface area contributed by atoms with E-state index in [4.69, 9.17) is 28.4 Å². The third-order valence-electron chi connectivity index (χ3n) is 12.2. The Balaban J connectivity index is 1.77. The molecule has 0 bridgehead atoms. The third kappa shape index (κ3) is 26.1. The van der Waals surface area contributed by atoms with E-state index in [0.717, 1.165) is 51.4 Å². The molecular formula is C50H92O14. The number of carbonyl (C=O) groups excluding carboxylic acids is 1. The van der Waals surface area contributed by atoms with Gasteiger partial charge in [-0.15, -0.1) is 0 Å². The van der Waals surface area contributed by atoms with Gasteiger partial charge in [0.05, 0.1) is 26.4 Å². The van der Waals surface area contributed by atoms with Crippen molar-refractivity contribution in [1.29, 1.82) is 0 Å². The highest BCUT2D eigenvalue weighted by atomic mass is 16.7. The molecular weight excluding hydrogens is 825 g/mol. The number of unbranched alkanes of at least 4 members (excludes halogenated alkanes) is 22. The Bertz CT molecular complexity index is 1160. The van der Waals surface area contributed by atoms with E-state index in [0.29, 0.717) is 13.0 Å². The number of ether oxygens (including phenoxy) is 6. The quantitative estimate of drug-likeness (QED) is 0.0184. The highest BCUT2D eigenvalue weighted by molar-refractivity contribution is 5.69. The first-order valence-corrected chi connectivity index (χ1v) is 25.4. The summed E-state index contributed by atoms with van der Waals surface area (Å²) in [6.45, 7) is 3.65. The first-order valence-electron chi connectivity index (χ1n) is 25.4. The molecule has 2 fully saturated rings. The van der Waals surface area contributed by atoms with Crippen molar-refractivity contribution < 1.29 is 69.0 Å². The van der Waals surface area contributed by atoms with Crippen LogP contribution in [0, 0.1) is 0 Å². The van der Waals surface area contributed by atoms with Crippen molar-refractivity contribution in [3.63, 3.8) is 0 Å². The Kier molecular flexibility index (Phi) is 35.2. The smallest absolute Gasteiger partial charge is 0.306 e. The van der Waals surface area contributed by atoms with Crippen LogP contribution in [0.2, 0.25) is 0 Å². The minimum absolute atomic E-state index is 0.0577. The van der Waals surface area contributed by atoms with Gasteiger partial charge in [-0.2, -0.15) is 0 Å². The molecule has 11 atom stereocenters. The number of aliphatic hydroxyl groups excluding tert-OH is 7. The second-order valence-corrected chi connectivity index (χ2v) is 18.0. The van der Waals surface area contributed by atoms with E-state index in [1.54, 1.807) is 0 Å². The summed E-state index contributed by atoms with van der Waals surface area (Å²) in [6, 6.07) is 0. The second-order valence-electron chi connectivity index (χ2n) is 18.0. The maximum Gasteiger partial charge on any atom is 0.306 e. The van der Waals surface area contributed by atoms with Crippen molar-refractivity contribution in [1.82, 2.24) is 0 Å². The SMILES string of the molecule is CCCCC/C=C\CCCCCCCCOCC(COC1OC(COC2OC(CO)C(O)C(O)C2O)C(O)C(O)C1O)OC(=O)CCCCCCCCC/C=C\CCCCCCCC. The molecule has 0 aromatic heterocycles. The Hall–Kier alpha value is -1.53. The fourth-order valence-corrected chi connectivity index (χ4v) is 7.98. The van der Waals surface area contributed by atoms with Crippen LogP contribution in [0.3, 0.4) is 0 Å². The predicted octanol–water partition coefficient (Wildman–Crippen LogP) is 7.24. The average Bonchev–Trinajstić information content (AvgIpc) is 3.29. The van der Waals surface area contributed by atoms with E-state index in [1.807, 2.05) is 0 Å². The minimum atomic E-state index is -1.71. The molecule has 0 aromatic carbocycles. The number of rotatable bonds is 40. The van der Waals surface area contributed by atoms with Gasteiger partial charge in [0.2, 0.25) is 0 Å². The Morgan fingerprint density at radius 1 is 0.500 bits per heavy atom. The lowest BCUT2D eigenvalue weighted by molar-refractivity contribution is -0.332. The minimum Gasteiger partial charge on any atom is -0.457 e. The summed E-state index contributed by atoms with van der Waals surface area (Å²) >= 11 is 0. The molecule has 64 heavy (non-hydrogen) atoms. The van der Waals surface area contributed by atoms with Gasteiger partial charge in [-0.1, -0.05) is 141 Å². The largest absolute Gasteiger partial charge is 0.457 e. The van der Waals surface area contributed by atoms with Crippen LogP contribution in [0.4, 0.5) is 0 Å². The molecule has 11 unspecified atom stereocenters. The molecule has 14 heteroatoms. The molecule has 0 saturated carbocycles. The highest BCUT2D eigenvalue weighted by Gasteiger charge is 2.47. The summed E-state index contributed by atoms with van der Waals surface area (Å²) < 4.78 is 34.2. The van der Waals surface area contributed by atoms with Crippen molar-refractivity contribution in [2.75, 3.05) is 33.0 Å². The van der Waals surface area contributed by atoms with Crippen LogP contribution < -0.4 is 0 Å². The van der Waals surface area contributed by atoms with Crippen LogP contribution >= 0.6 is 0 Å². The Morgan fingerprint density at radius 3 is 1.45 bits per heavy atom. The van der Waals surface area contributed by atoms with Gasteiger partial charge in [0, 0.05) is 13.0 Å². The molecule has 0 radical (unpaired) electrons. The molecule has 14 nitrogen and oxygen atoms in total. The Labute approximate surface area is 386 Å². The fraction of sp³-hybridized carbons (Fsp3) is 0.900. The summed E-state index contributed by atoms with van der Waals surface area (Å²) in [4.78, 5) is 13.0. The summed E-state index contributed by atoms with van der Waals surface area (Å²) in [5.74, 6) is -0.382. The first kappa shape index (κ1) is 58.6. The lowest BCUT2D eigenvalue weighted by Gasteiger charge is -2.42. The molecule has 0 aromatic rings. The number of hydrogen-bond donors (Lipinski definition) is 7. The van der Waals surface area contributed by atoms with Gasteiger partial charge < -0.3 is 64.2 Å². The van der Waals surface area contributed by atoms with Crippen LogP contribution in [0.1, 0.15) is 187 Å². The highest BCUT2D eigenvalue weighted by Crippen LogP contribution is 2.26. The lowest BCUT2D eigenvalue weighted by atomic mass is 9.98. The van der Waals surface area contributed by atoms with Gasteiger partial charge in [0.1, 0.15) is 54.9 Å². The van der Waals surface area contributed by atoms with Crippen molar-refractivity contribution in [2.24, 2.45) is 0 Å². The van der Waals surface area contributed by atoms with E-state index in [1.165, 1.54) is 109 Å². The van der Waals surface area contributed by atoms with Crippen LogP contribution in [0.15, 0.2) is 24.3 Å². The molecule has 0 amide bonds. The van der Waals surface area contributed by atoms with Crippen LogP contribution in [0.5, 0.6) is 0 Å². The summed E-state index contributed by atoms with van der Waals surface area (Å²) in [7, 11) is 0. The van der Waals surface area contributed by atoms with Crippen molar-refractivity contribution in [3.05, 3.63) is 24.3 Å². The first-order chi connectivity index (χ1) is 31.1. The van der Waals surface area contributed by atoms with E-state index >= 15 is 0 Å². The van der Waals surface area contributed by atoms with Gasteiger partial charge in [0.25, 0.3) is 0 Å². The average molecular weight is 917 g/mol. The Morgan fingerprint density at radius 2 is 0.922 bits per heavy atom. The maximum atomic E-state index is 13.0. The van der Waals surface area contributed by atoms with Crippen LogP contribution in [0.25, 0.3) is 0 Å². The van der Waals surface area contributed by atoms with Crippen molar-refractivity contribution in [2.45, 2.75) is 255 Å². The summed E-state index contributed by atoms with van der Waals surface area (Å²) in [5.41, 5.74) is 0. The summed E-state index contributed by atoms with van der Waals surface area (Å²) in [5, 5.41) is 72.1. The van der Waals surface area contributed by atoms with Gasteiger partial charge >= 0.3 is 5.97 Å². The molecule has 2 rings (SSSR count). The number of hydrogen-bond acceptors (Lipinski definition) is 14. The van der Waals surface area contributed by atoms with Gasteiger partial charge in [-0.25, -0.2) is 0 Å². The zero-order valence-electron chi connectivity index (χ0n) is 39.8. The number of aliphatic hydroxyl groups is 7. The zero-order valence-corrected chi connectivity index (χ0v) is 39.8. The number of allylic oxidation sites excluding steroid dienone is 4. The van der Waals surface area contributed by atoms with Crippen LogP contribution in [-0.2, 0) is 33.2 Å². The number of esters is 1. The monoisotopic (exact) mass is 917 g/mol. The topological polar surface area (TPSA) is 214 Å². The van der Waals surface area contributed by atoms with Gasteiger partial charge in [-0.3, -0.25) is 4.79 Å². The second kappa shape index (κ2) is 38.4. The summed E-state index contributed by atoms with van der Waals surface area (Å²) in [6.07, 6.45) is 23.8. The molecule has 376 valence electrons. The molecule has 2 aliphatic rings. The zero-order chi connectivity index (χ0) is 46.6. The molecule has 0 aliphatic carbocycles. The van der Waals surface area contributed by atoms with Gasteiger partial charge in [-0.05, 0) is 64.2 Å². The molecule has 7 N–H and O–H groups in total. The van der Waals surface area contributed by atoms with Crippen LogP contribution in [-0.4, -0.2) is 142 Å². The standard InChI is InChI=1S/C50H92O14/c1-3-5-7-9-11-13-15-17-18-19-20-21-23-25-27-29-31-33-42(52)62-39(36-59-34-32-30-28-26-24-22-16-14-12-10-8-6-4-2)37-60-49-48(58)46(56)44(54)41(64-49)38-61-50-47(57)45(55)43(53)40(35-51)63-50/h12,14,17-18,39-41,43-51,53-58H,3-11,13,15-16,19-38H2,1-2H3/b14-12-,18-17-. The maximum absolute atomic E-state index is 13.0. The van der Waals surface area contributed by atoms with Crippen molar-refractivity contribution in [3.8, 4) is 0 Å². The van der Waals surface area contributed by atoms with Crippen molar-refractivity contribution >= 4 is 5.97 Å². The lowest BCUT2D eigenvalue weighted by Crippen LogP contribution is -2.61. The molecule has 2 aliphatic heterocycles. The molecule has 0 spiro atoms. The third-order valence-corrected chi connectivity index (χ3v) is 12.2. The van der Waals surface area contributed by atoms with E-state index < -0.39 is 80.7 Å². The van der Waals surface area contributed by atoms with E-state index in [-0.39, 0.29) is 25.6 Å². The number of carbonyl (C=O) groups is 1.